The predicted octanol–water partition coefficient (Wildman–Crippen LogP) is 2.86. The van der Waals surface area contributed by atoms with Crippen molar-refractivity contribution in [3.63, 3.8) is 0 Å². The number of nitrogen functional groups attached to an aromatic ring is 1. The molecule has 4 N–H and O–H groups in total. The zero-order chi connectivity index (χ0) is 19.3. The predicted molar refractivity (Wildman–Crippen MR) is 116 cm³/mol. The van der Waals surface area contributed by atoms with Crippen LogP contribution in [0.4, 0.5) is 11.4 Å². The van der Waals surface area contributed by atoms with Crippen LogP contribution in [0.1, 0.15) is 6.92 Å². The van der Waals surface area contributed by atoms with Crippen molar-refractivity contribution < 1.29 is 0 Å². The largest absolute Gasteiger partial charge is 0.397 e. The van der Waals surface area contributed by atoms with Crippen LogP contribution in [0.5, 0.6) is 0 Å². The van der Waals surface area contributed by atoms with Gasteiger partial charge in [0.25, 0.3) is 5.56 Å². The van der Waals surface area contributed by atoms with E-state index in [1.165, 1.54) is 17.0 Å². The molecule has 0 aliphatic carbocycles. The topological polar surface area (TPSA) is 94.0 Å². The molecule has 0 unspecified atom stereocenters. The maximum Gasteiger partial charge on any atom is 0.261 e. The van der Waals surface area contributed by atoms with Gasteiger partial charge in [0.15, 0.2) is 0 Å². The van der Waals surface area contributed by atoms with Crippen LogP contribution in [-0.2, 0) is 0 Å². The van der Waals surface area contributed by atoms with Gasteiger partial charge < -0.3 is 25.5 Å². The number of hydrogen-bond donors (Lipinski definition) is 3. The van der Waals surface area contributed by atoms with Crippen molar-refractivity contribution in [3.05, 3.63) is 40.0 Å². The highest BCUT2D eigenvalue weighted by molar-refractivity contribution is 7.17. The van der Waals surface area contributed by atoms with Crippen LogP contribution in [0.15, 0.2) is 34.4 Å². The molecule has 1 aliphatic rings. The first-order valence-electron chi connectivity index (χ1n) is 9.50. The van der Waals surface area contributed by atoms with Crippen LogP contribution in [0, 0.1) is 0 Å². The summed E-state index contributed by atoms with van der Waals surface area (Å²) in [5, 5.41) is 1.92. The van der Waals surface area contributed by atoms with Crippen molar-refractivity contribution >= 4 is 44.0 Å². The molecule has 4 aromatic rings. The molecule has 0 bridgehead atoms. The molecule has 1 saturated heterocycles. The third kappa shape index (κ3) is 2.76. The Kier molecular flexibility index (Phi) is 4.10. The van der Waals surface area contributed by atoms with Gasteiger partial charge in [-0.05, 0) is 36.2 Å². The van der Waals surface area contributed by atoms with E-state index in [0.717, 1.165) is 54.0 Å². The van der Waals surface area contributed by atoms with Crippen LogP contribution < -0.4 is 16.2 Å². The number of aromatic amines is 2. The number of H-pyrrole nitrogens is 2. The highest BCUT2D eigenvalue weighted by Crippen LogP contribution is 2.32. The molecule has 4 heterocycles. The Morgan fingerprint density at radius 2 is 1.96 bits per heavy atom. The molecule has 8 heteroatoms. The first kappa shape index (κ1) is 17.3. The number of rotatable bonds is 3. The molecular weight excluding hydrogens is 372 g/mol. The summed E-state index contributed by atoms with van der Waals surface area (Å²) in [6, 6.07) is 8.09. The van der Waals surface area contributed by atoms with E-state index in [-0.39, 0.29) is 5.56 Å². The second-order valence-corrected chi connectivity index (χ2v) is 8.03. The number of fused-ring (bicyclic) bond motifs is 2. The number of anilines is 2. The number of thiophene rings is 1. The summed E-state index contributed by atoms with van der Waals surface area (Å²) in [5.41, 5.74) is 10.6. The quantitative estimate of drug-likeness (QED) is 0.497. The van der Waals surface area contributed by atoms with E-state index in [0.29, 0.717) is 17.1 Å². The smallest absolute Gasteiger partial charge is 0.261 e. The second kappa shape index (κ2) is 6.65. The lowest BCUT2D eigenvalue weighted by molar-refractivity contribution is 0.271. The minimum Gasteiger partial charge on any atom is -0.397 e. The number of aromatic nitrogens is 3. The number of pyridine rings is 1. The fraction of sp³-hybridized carbons (Fsp3) is 0.300. The third-order valence-corrected chi connectivity index (χ3v) is 6.49. The Labute approximate surface area is 165 Å². The Bertz CT molecular complexity index is 1210. The third-order valence-electron chi connectivity index (χ3n) is 5.54. The summed E-state index contributed by atoms with van der Waals surface area (Å²) >= 11 is 1.51. The van der Waals surface area contributed by atoms with E-state index in [1.54, 1.807) is 0 Å². The van der Waals surface area contributed by atoms with Crippen molar-refractivity contribution in [3.8, 4) is 11.4 Å². The van der Waals surface area contributed by atoms with Crippen molar-refractivity contribution in [2.75, 3.05) is 43.4 Å². The minimum absolute atomic E-state index is 0.224. The molecule has 1 fully saturated rings. The van der Waals surface area contributed by atoms with E-state index < -0.39 is 0 Å². The lowest BCUT2D eigenvalue weighted by Crippen LogP contribution is -2.46. The van der Waals surface area contributed by atoms with E-state index in [1.807, 2.05) is 17.5 Å². The van der Waals surface area contributed by atoms with Gasteiger partial charge in [-0.25, -0.2) is 4.98 Å². The summed E-state index contributed by atoms with van der Waals surface area (Å²) in [7, 11) is 0. The number of piperazine rings is 1. The molecule has 0 amide bonds. The molecular formula is C20H22N6OS. The standard InChI is InChI=1S/C20H22N6OS/c1-2-25-6-8-26(9-7-25)12-3-4-13-15(11-12)23-19(22-13)16-17(21)18-14(5-10-28-18)24-20(16)27/h3-5,10-11H,2,6-9H2,1H3,(H,22,23)(H3,21,24,27). The van der Waals surface area contributed by atoms with Gasteiger partial charge in [-0.1, -0.05) is 6.92 Å². The molecule has 1 aromatic carbocycles. The minimum atomic E-state index is -0.224. The molecule has 0 saturated carbocycles. The SMILES string of the molecule is CCN1CCN(c2ccc3nc(-c4c(N)c5sccc5[nH]c4=O)[nH]c3c2)CC1. The molecule has 1 aliphatic heterocycles. The van der Waals surface area contributed by atoms with Crippen LogP contribution in [0.25, 0.3) is 32.6 Å². The van der Waals surface area contributed by atoms with Gasteiger partial charge >= 0.3 is 0 Å². The Morgan fingerprint density at radius 3 is 2.75 bits per heavy atom. The number of benzene rings is 1. The van der Waals surface area contributed by atoms with Gasteiger partial charge in [-0.3, -0.25) is 4.79 Å². The second-order valence-electron chi connectivity index (χ2n) is 7.11. The van der Waals surface area contributed by atoms with E-state index in [9.17, 15) is 4.79 Å². The molecule has 28 heavy (non-hydrogen) atoms. The van der Waals surface area contributed by atoms with Crippen LogP contribution in [-0.4, -0.2) is 52.6 Å². The first-order valence-corrected chi connectivity index (χ1v) is 10.4. The van der Waals surface area contributed by atoms with E-state index in [2.05, 4.69) is 43.8 Å². The van der Waals surface area contributed by atoms with E-state index >= 15 is 0 Å². The summed E-state index contributed by atoms with van der Waals surface area (Å²) in [6.45, 7) is 7.49. The van der Waals surface area contributed by atoms with Crippen molar-refractivity contribution in [2.24, 2.45) is 0 Å². The first-order chi connectivity index (χ1) is 13.6. The number of imidazole rings is 1. The summed E-state index contributed by atoms with van der Waals surface area (Å²) in [6.07, 6.45) is 0. The van der Waals surface area contributed by atoms with Gasteiger partial charge in [0, 0.05) is 31.9 Å². The van der Waals surface area contributed by atoms with Crippen LogP contribution >= 0.6 is 11.3 Å². The number of nitrogens with two attached hydrogens (primary N) is 1. The lowest BCUT2D eigenvalue weighted by atomic mass is 10.2. The van der Waals surface area contributed by atoms with Gasteiger partial charge in [0.2, 0.25) is 0 Å². The molecule has 3 aromatic heterocycles. The van der Waals surface area contributed by atoms with Gasteiger partial charge in [-0.2, -0.15) is 0 Å². The molecule has 0 radical (unpaired) electrons. The van der Waals surface area contributed by atoms with Crippen LogP contribution in [0.3, 0.4) is 0 Å². The fourth-order valence-corrected chi connectivity index (χ4v) is 4.72. The van der Waals surface area contributed by atoms with Crippen molar-refractivity contribution in [2.45, 2.75) is 6.92 Å². The van der Waals surface area contributed by atoms with Crippen molar-refractivity contribution in [1.29, 1.82) is 0 Å². The van der Waals surface area contributed by atoms with Crippen molar-refractivity contribution in [1.82, 2.24) is 19.9 Å². The van der Waals surface area contributed by atoms with Gasteiger partial charge in [0.1, 0.15) is 11.4 Å². The number of nitrogens with one attached hydrogen (secondary N) is 2. The average Bonchev–Trinajstić information content (AvgIpc) is 3.34. The lowest BCUT2D eigenvalue weighted by Gasteiger charge is -2.35. The average molecular weight is 395 g/mol. The summed E-state index contributed by atoms with van der Waals surface area (Å²) in [4.78, 5) is 28.3. The molecule has 7 nitrogen and oxygen atoms in total. The Balaban J connectivity index is 1.54. The Hall–Kier alpha value is -2.84. The molecule has 0 spiro atoms. The normalized spacial score (nSPS) is 15.7. The number of hydrogen-bond acceptors (Lipinski definition) is 6. The fourth-order valence-electron chi connectivity index (χ4n) is 3.91. The van der Waals surface area contributed by atoms with Gasteiger partial charge in [0.05, 0.1) is 26.9 Å². The Morgan fingerprint density at radius 1 is 1.14 bits per heavy atom. The summed E-state index contributed by atoms with van der Waals surface area (Å²) in [5.74, 6) is 0.511. The molecule has 5 rings (SSSR count). The molecule has 0 atom stereocenters. The monoisotopic (exact) mass is 394 g/mol. The zero-order valence-electron chi connectivity index (χ0n) is 15.7. The zero-order valence-corrected chi connectivity index (χ0v) is 16.5. The van der Waals surface area contributed by atoms with Crippen LogP contribution in [0.2, 0.25) is 0 Å². The highest BCUT2D eigenvalue weighted by Gasteiger charge is 2.19. The maximum atomic E-state index is 12.6. The highest BCUT2D eigenvalue weighted by atomic mass is 32.1. The number of likely N-dealkylation sites (N-methyl/N-ethyl adjacent to an activating group) is 1. The maximum absolute atomic E-state index is 12.6. The van der Waals surface area contributed by atoms with Gasteiger partial charge in [-0.15, -0.1) is 11.3 Å². The van der Waals surface area contributed by atoms with E-state index in [4.69, 9.17) is 5.73 Å². The summed E-state index contributed by atoms with van der Waals surface area (Å²) < 4.78 is 0.879. The molecule has 144 valence electrons. The number of nitrogens with zero attached hydrogens (tertiary/aromatic N) is 3.